The Labute approximate surface area is 75.7 Å². The van der Waals surface area contributed by atoms with E-state index in [9.17, 15) is 9.35 Å². The average Bonchev–Trinajstić information content (AvgIpc) is 2.03. The summed E-state index contributed by atoms with van der Waals surface area (Å²) in [5.41, 5.74) is 0.197. The quantitative estimate of drug-likeness (QED) is 0.505. The fraction of sp³-hybridized carbons (Fsp3) is 0.625. The lowest BCUT2D eigenvalue weighted by Crippen LogP contribution is -2.09. The number of aliphatic carboxylic acids is 1. The molecule has 70 valence electrons. The highest BCUT2D eigenvalue weighted by Crippen LogP contribution is 2.04. The normalized spacial score (nSPS) is 12.5. The summed E-state index contributed by atoms with van der Waals surface area (Å²) in [7, 11) is 0. The number of hydrogen-bond donors (Lipinski definition) is 1. The van der Waals surface area contributed by atoms with Crippen LogP contribution in [0.15, 0.2) is 12.2 Å². The highest BCUT2D eigenvalue weighted by Gasteiger charge is 2.06. The number of carboxylic acid groups (broad SMARTS) is 1. The molecule has 0 bridgehead atoms. The van der Waals surface area contributed by atoms with Gasteiger partial charge in [-0.15, -0.1) is 0 Å². The molecular formula is C8H14O3S. The Kier molecular flexibility index (Phi) is 5.84. The van der Waals surface area contributed by atoms with Gasteiger partial charge in [-0.3, -0.25) is 0 Å². The van der Waals surface area contributed by atoms with Gasteiger partial charge in [-0.25, -0.2) is 4.79 Å². The van der Waals surface area contributed by atoms with Crippen molar-refractivity contribution in [3.8, 4) is 0 Å². The van der Waals surface area contributed by atoms with Crippen LogP contribution in [-0.4, -0.2) is 27.1 Å². The van der Waals surface area contributed by atoms with Crippen LogP contribution in [0.4, 0.5) is 0 Å². The van der Waals surface area contributed by atoms with E-state index in [1.54, 1.807) is 0 Å². The predicted octanol–water partition coefficient (Wildman–Crippen LogP) is 1.18. The maximum absolute atomic E-state index is 10.9. The Hall–Kier alpha value is -0.480. The molecule has 0 saturated carbocycles. The van der Waals surface area contributed by atoms with Gasteiger partial charge in [-0.05, 0) is 19.8 Å². The summed E-state index contributed by atoms with van der Waals surface area (Å²) < 4.78 is 10.9. The Morgan fingerprint density at radius 3 is 2.67 bits per heavy atom. The molecule has 0 aromatic carbocycles. The van der Waals surface area contributed by atoms with E-state index >= 15 is 0 Å². The first-order chi connectivity index (χ1) is 5.57. The van der Waals surface area contributed by atoms with E-state index in [0.29, 0.717) is 24.3 Å². The lowest BCUT2D eigenvalue weighted by molar-refractivity contribution is -0.132. The second-order valence-electron chi connectivity index (χ2n) is 2.44. The van der Waals surface area contributed by atoms with Crippen molar-refractivity contribution in [3.63, 3.8) is 0 Å². The Bertz CT molecular complexity index is 168. The largest absolute Gasteiger partial charge is 0.616 e. The van der Waals surface area contributed by atoms with Crippen molar-refractivity contribution in [2.24, 2.45) is 0 Å². The zero-order valence-corrected chi connectivity index (χ0v) is 8.02. The number of rotatable bonds is 6. The number of hydrogen-bond acceptors (Lipinski definition) is 2. The molecule has 0 aliphatic heterocycles. The van der Waals surface area contributed by atoms with E-state index in [1.165, 1.54) is 0 Å². The molecular weight excluding hydrogens is 176 g/mol. The first kappa shape index (κ1) is 11.5. The van der Waals surface area contributed by atoms with E-state index in [4.69, 9.17) is 5.11 Å². The van der Waals surface area contributed by atoms with Gasteiger partial charge in [0, 0.05) is 5.57 Å². The molecule has 3 nitrogen and oxygen atoms in total. The van der Waals surface area contributed by atoms with Crippen LogP contribution >= 0.6 is 0 Å². The molecule has 0 fully saturated rings. The molecule has 1 atom stereocenters. The van der Waals surface area contributed by atoms with Gasteiger partial charge in [-0.2, -0.15) is 0 Å². The van der Waals surface area contributed by atoms with Crippen molar-refractivity contribution in [2.75, 3.05) is 11.5 Å². The first-order valence-electron chi connectivity index (χ1n) is 3.84. The lowest BCUT2D eigenvalue weighted by Gasteiger charge is -2.07. The van der Waals surface area contributed by atoms with Crippen LogP contribution < -0.4 is 0 Å². The minimum Gasteiger partial charge on any atom is -0.616 e. The maximum Gasteiger partial charge on any atom is 0.330 e. The van der Waals surface area contributed by atoms with Gasteiger partial charge < -0.3 is 9.66 Å². The Balaban J connectivity index is 3.44. The zero-order valence-electron chi connectivity index (χ0n) is 7.21. The molecule has 1 unspecified atom stereocenters. The van der Waals surface area contributed by atoms with Crippen molar-refractivity contribution >= 4 is 17.1 Å². The SMILES string of the molecule is C=C(CCC[S+]([O-])CC)C(=O)O. The smallest absolute Gasteiger partial charge is 0.330 e. The van der Waals surface area contributed by atoms with Crippen LogP contribution in [0.2, 0.25) is 0 Å². The van der Waals surface area contributed by atoms with Crippen LogP contribution in [-0.2, 0) is 16.0 Å². The Morgan fingerprint density at radius 2 is 2.25 bits per heavy atom. The van der Waals surface area contributed by atoms with Gasteiger partial charge in [0.15, 0.2) is 0 Å². The topological polar surface area (TPSA) is 60.4 Å². The number of carbonyl (C=O) groups is 1. The van der Waals surface area contributed by atoms with Gasteiger partial charge in [0.2, 0.25) is 0 Å². The van der Waals surface area contributed by atoms with Gasteiger partial charge in [0.25, 0.3) is 0 Å². The molecule has 0 rings (SSSR count). The van der Waals surface area contributed by atoms with E-state index in [1.807, 2.05) is 6.92 Å². The summed E-state index contributed by atoms with van der Waals surface area (Å²) in [5, 5.41) is 8.43. The van der Waals surface area contributed by atoms with Crippen molar-refractivity contribution in [1.82, 2.24) is 0 Å². The highest BCUT2D eigenvalue weighted by atomic mass is 32.2. The third-order valence-corrected chi connectivity index (χ3v) is 2.86. The molecule has 0 radical (unpaired) electrons. The molecule has 0 aromatic heterocycles. The van der Waals surface area contributed by atoms with Crippen molar-refractivity contribution in [3.05, 3.63) is 12.2 Å². The highest BCUT2D eigenvalue weighted by molar-refractivity contribution is 7.91. The summed E-state index contributed by atoms with van der Waals surface area (Å²) in [5.74, 6) is 0.250. The van der Waals surface area contributed by atoms with E-state index in [0.717, 1.165) is 0 Å². The van der Waals surface area contributed by atoms with Crippen molar-refractivity contribution in [1.29, 1.82) is 0 Å². The second kappa shape index (κ2) is 6.08. The van der Waals surface area contributed by atoms with Gasteiger partial charge in [0.05, 0.1) is 0 Å². The minimum absolute atomic E-state index is 0.197. The van der Waals surface area contributed by atoms with Crippen molar-refractivity contribution in [2.45, 2.75) is 19.8 Å². The molecule has 0 amide bonds. The lowest BCUT2D eigenvalue weighted by atomic mass is 10.2. The van der Waals surface area contributed by atoms with E-state index < -0.39 is 17.1 Å². The zero-order chi connectivity index (χ0) is 9.56. The molecule has 0 aromatic rings. The molecule has 0 aliphatic rings. The fourth-order valence-corrected chi connectivity index (χ4v) is 1.45. The Morgan fingerprint density at radius 1 is 1.67 bits per heavy atom. The molecule has 0 aliphatic carbocycles. The van der Waals surface area contributed by atoms with Crippen LogP contribution in [0.25, 0.3) is 0 Å². The third kappa shape index (κ3) is 5.21. The summed E-state index contributed by atoms with van der Waals surface area (Å²) in [6, 6.07) is 0. The molecule has 4 heteroatoms. The van der Waals surface area contributed by atoms with E-state index in [2.05, 4.69) is 6.58 Å². The summed E-state index contributed by atoms with van der Waals surface area (Å²) >= 11 is -0.791. The molecule has 1 N–H and O–H groups in total. The summed E-state index contributed by atoms with van der Waals surface area (Å²) in [6.45, 7) is 5.23. The molecule has 0 heterocycles. The number of carboxylic acids is 1. The van der Waals surface area contributed by atoms with Crippen LogP contribution in [0.1, 0.15) is 19.8 Å². The van der Waals surface area contributed by atoms with Gasteiger partial charge in [-0.1, -0.05) is 17.8 Å². The molecule has 12 heavy (non-hydrogen) atoms. The predicted molar refractivity (Wildman–Crippen MR) is 49.6 cm³/mol. The molecule has 0 spiro atoms. The minimum atomic E-state index is -0.961. The first-order valence-corrected chi connectivity index (χ1v) is 5.32. The van der Waals surface area contributed by atoms with Gasteiger partial charge in [0.1, 0.15) is 11.5 Å². The van der Waals surface area contributed by atoms with Gasteiger partial charge >= 0.3 is 5.97 Å². The van der Waals surface area contributed by atoms with Crippen LogP contribution in [0, 0.1) is 0 Å². The molecule has 0 saturated heterocycles. The summed E-state index contributed by atoms with van der Waals surface area (Å²) in [4.78, 5) is 10.3. The van der Waals surface area contributed by atoms with E-state index in [-0.39, 0.29) is 5.57 Å². The fourth-order valence-electron chi connectivity index (χ4n) is 0.698. The maximum atomic E-state index is 10.9. The second-order valence-corrected chi connectivity index (χ2v) is 4.31. The van der Waals surface area contributed by atoms with Crippen LogP contribution in [0.3, 0.4) is 0 Å². The summed E-state index contributed by atoms with van der Waals surface area (Å²) in [6.07, 6.45) is 1.08. The standard InChI is InChI=1S/C8H14O3S/c1-3-12(11)6-4-5-7(2)8(9)10/h2-6H2,1H3,(H,9,10). The van der Waals surface area contributed by atoms with Crippen LogP contribution in [0.5, 0.6) is 0 Å². The monoisotopic (exact) mass is 190 g/mol. The third-order valence-electron chi connectivity index (χ3n) is 1.47. The van der Waals surface area contributed by atoms with Crippen molar-refractivity contribution < 1.29 is 14.5 Å². The average molecular weight is 190 g/mol.